The lowest BCUT2D eigenvalue weighted by molar-refractivity contribution is 0.256. The molecule has 1 N–H and O–H groups in total. The Hall–Kier alpha value is -4.38. The number of anilines is 1. The Labute approximate surface area is 200 Å². The van der Waals surface area contributed by atoms with E-state index in [2.05, 4.69) is 15.5 Å². The second-order valence-electron chi connectivity index (χ2n) is 7.67. The highest BCUT2D eigenvalue weighted by Gasteiger charge is 2.08. The average Bonchev–Trinajstić information content (AvgIpc) is 2.90. The quantitative estimate of drug-likeness (QED) is 0.215. The Morgan fingerprint density at radius 1 is 0.794 bits per heavy atom. The zero-order chi connectivity index (χ0) is 23.4. The number of hydrogen-bond donors (Lipinski definition) is 1. The van der Waals surface area contributed by atoms with Crippen molar-refractivity contribution < 1.29 is 9.47 Å². The second kappa shape index (κ2) is 12.0. The summed E-state index contributed by atoms with van der Waals surface area (Å²) >= 11 is 0. The van der Waals surface area contributed by atoms with E-state index in [9.17, 15) is 0 Å². The van der Waals surface area contributed by atoms with E-state index in [0.29, 0.717) is 30.5 Å². The summed E-state index contributed by atoms with van der Waals surface area (Å²) in [7, 11) is 0. The van der Waals surface area contributed by atoms with Crippen LogP contribution in [0.2, 0.25) is 0 Å². The Kier molecular flexibility index (Phi) is 8.06. The summed E-state index contributed by atoms with van der Waals surface area (Å²) in [5.41, 5.74) is 6.96. The SMILES string of the molecule is CC(/C=C/c1ccc(OCc2ccccc2)c(OCc2ccccc2)c1)=N/Nc1ccccn1. The van der Waals surface area contributed by atoms with Crippen LogP contribution in [-0.2, 0) is 13.2 Å². The molecule has 0 aliphatic heterocycles. The van der Waals surface area contributed by atoms with Crippen LogP contribution in [0.15, 0.2) is 114 Å². The van der Waals surface area contributed by atoms with E-state index in [0.717, 1.165) is 22.4 Å². The van der Waals surface area contributed by atoms with E-state index in [1.807, 2.05) is 116 Å². The van der Waals surface area contributed by atoms with E-state index in [4.69, 9.17) is 9.47 Å². The van der Waals surface area contributed by atoms with Gasteiger partial charge in [0.1, 0.15) is 19.0 Å². The number of hydrazone groups is 1. The number of pyridine rings is 1. The minimum Gasteiger partial charge on any atom is -0.485 e. The van der Waals surface area contributed by atoms with Crippen molar-refractivity contribution in [1.82, 2.24) is 4.98 Å². The van der Waals surface area contributed by atoms with E-state index >= 15 is 0 Å². The molecule has 0 amide bonds. The first-order valence-electron chi connectivity index (χ1n) is 11.1. The number of nitrogens with zero attached hydrogens (tertiary/aromatic N) is 2. The Morgan fingerprint density at radius 3 is 2.09 bits per heavy atom. The first-order valence-corrected chi connectivity index (χ1v) is 11.1. The van der Waals surface area contributed by atoms with Crippen molar-refractivity contribution in [3.8, 4) is 11.5 Å². The van der Waals surface area contributed by atoms with Crippen LogP contribution in [0.5, 0.6) is 11.5 Å². The van der Waals surface area contributed by atoms with Crippen LogP contribution in [0, 0.1) is 0 Å². The van der Waals surface area contributed by atoms with Crippen LogP contribution >= 0.6 is 0 Å². The molecule has 4 aromatic rings. The highest BCUT2D eigenvalue weighted by molar-refractivity contribution is 5.96. The van der Waals surface area contributed by atoms with Crippen molar-refractivity contribution in [3.05, 3.63) is 126 Å². The summed E-state index contributed by atoms with van der Waals surface area (Å²) in [5, 5.41) is 4.35. The van der Waals surface area contributed by atoms with E-state index in [-0.39, 0.29) is 0 Å². The third kappa shape index (κ3) is 7.07. The lowest BCUT2D eigenvalue weighted by Crippen LogP contribution is -2.01. The van der Waals surface area contributed by atoms with Crippen LogP contribution in [0.3, 0.4) is 0 Å². The monoisotopic (exact) mass is 449 g/mol. The molecule has 0 bridgehead atoms. The zero-order valence-corrected chi connectivity index (χ0v) is 19.1. The van der Waals surface area contributed by atoms with Gasteiger partial charge in [0.05, 0.1) is 5.71 Å². The maximum Gasteiger partial charge on any atom is 0.162 e. The van der Waals surface area contributed by atoms with Gasteiger partial charge in [-0.25, -0.2) is 4.98 Å². The third-order valence-corrected chi connectivity index (χ3v) is 4.97. The van der Waals surface area contributed by atoms with E-state index in [1.165, 1.54) is 0 Å². The summed E-state index contributed by atoms with van der Waals surface area (Å²) in [5.74, 6) is 2.11. The number of hydrogen-bond acceptors (Lipinski definition) is 5. The van der Waals surface area contributed by atoms with Gasteiger partial charge in [-0.2, -0.15) is 5.10 Å². The van der Waals surface area contributed by atoms with Crippen molar-refractivity contribution in [2.24, 2.45) is 5.10 Å². The van der Waals surface area contributed by atoms with Crippen LogP contribution in [-0.4, -0.2) is 10.7 Å². The van der Waals surface area contributed by atoms with Crippen molar-refractivity contribution >= 4 is 17.6 Å². The maximum absolute atomic E-state index is 6.15. The minimum atomic E-state index is 0.462. The molecule has 0 spiro atoms. The molecule has 5 heteroatoms. The third-order valence-electron chi connectivity index (χ3n) is 4.97. The second-order valence-corrected chi connectivity index (χ2v) is 7.67. The predicted molar refractivity (Wildman–Crippen MR) is 138 cm³/mol. The number of allylic oxidation sites excluding steroid dienone is 1. The van der Waals surface area contributed by atoms with Crippen LogP contribution < -0.4 is 14.9 Å². The van der Waals surface area contributed by atoms with Crippen LogP contribution in [0.1, 0.15) is 23.6 Å². The molecule has 1 heterocycles. The van der Waals surface area contributed by atoms with Gasteiger partial charge in [0, 0.05) is 6.20 Å². The predicted octanol–water partition coefficient (Wildman–Crippen LogP) is 6.74. The highest BCUT2D eigenvalue weighted by atomic mass is 16.5. The average molecular weight is 450 g/mol. The van der Waals surface area contributed by atoms with Gasteiger partial charge in [-0.05, 0) is 54.0 Å². The number of aromatic nitrogens is 1. The lowest BCUT2D eigenvalue weighted by atomic mass is 10.1. The van der Waals surface area contributed by atoms with Gasteiger partial charge < -0.3 is 9.47 Å². The molecule has 0 atom stereocenters. The molecule has 0 saturated heterocycles. The first kappa shape index (κ1) is 22.8. The fraction of sp³-hybridized carbons (Fsp3) is 0.103. The minimum absolute atomic E-state index is 0.462. The van der Waals surface area contributed by atoms with Gasteiger partial charge in [0.25, 0.3) is 0 Å². The van der Waals surface area contributed by atoms with Crippen molar-refractivity contribution in [1.29, 1.82) is 0 Å². The molecule has 0 radical (unpaired) electrons. The van der Waals surface area contributed by atoms with Crippen LogP contribution in [0.25, 0.3) is 6.08 Å². The fourth-order valence-corrected chi connectivity index (χ4v) is 3.16. The standard InChI is InChI=1S/C29H27N3O2/c1-23(31-32-29-14-8-9-19-30-29)15-16-24-17-18-27(33-21-25-10-4-2-5-11-25)28(20-24)34-22-26-12-6-3-7-13-26/h2-20H,21-22H2,1H3,(H,30,32)/b16-15+,31-23-. The van der Waals surface area contributed by atoms with Crippen molar-refractivity contribution in [2.75, 3.05) is 5.43 Å². The summed E-state index contributed by atoms with van der Waals surface area (Å²) in [6.07, 6.45) is 5.66. The number of nitrogens with one attached hydrogen (secondary N) is 1. The van der Waals surface area contributed by atoms with E-state index in [1.54, 1.807) is 6.20 Å². The van der Waals surface area contributed by atoms with Crippen LogP contribution in [0.4, 0.5) is 5.82 Å². The van der Waals surface area contributed by atoms with Gasteiger partial charge in [0.2, 0.25) is 0 Å². The molecule has 0 saturated carbocycles. The largest absolute Gasteiger partial charge is 0.485 e. The molecule has 0 aliphatic carbocycles. The van der Waals surface area contributed by atoms with Gasteiger partial charge >= 0.3 is 0 Å². The maximum atomic E-state index is 6.15. The number of ether oxygens (including phenoxy) is 2. The first-order chi connectivity index (χ1) is 16.8. The molecule has 3 aromatic carbocycles. The zero-order valence-electron chi connectivity index (χ0n) is 19.1. The molecular weight excluding hydrogens is 422 g/mol. The van der Waals surface area contributed by atoms with E-state index < -0.39 is 0 Å². The fourth-order valence-electron chi connectivity index (χ4n) is 3.16. The molecule has 0 fully saturated rings. The number of rotatable bonds is 10. The summed E-state index contributed by atoms with van der Waals surface area (Å²) < 4.78 is 12.2. The highest BCUT2D eigenvalue weighted by Crippen LogP contribution is 2.30. The number of benzene rings is 3. The Bertz CT molecular complexity index is 1220. The summed E-state index contributed by atoms with van der Waals surface area (Å²) in [6, 6.07) is 31.8. The molecule has 170 valence electrons. The van der Waals surface area contributed by atoms with Gasteiger partial charge in [-0.1, -0.05) is 78.9 Å². The Balaban J connectivity index is 1.47. The Morgan fingerprint density at radius 2 is 1.44 bits per heavy atom. The lowest BCUT2D eigenvalue weighted by Gasteiger charge is -2.14. The summed E-state index contributed by atoms with van der Waals surface area (Å²) in [6.45, 7) is 2.86. The normalized spacial score (nSPS) is 11.4. The molecule has 0 unspecified atom stereocenters. The molecule has 4 rings (SSSR count). The van der Waals surface area contributed by atoms with Gasteiger partial charge in [0.15, 0.2) is 11.5 Å². The van der Waals surface area contributed by atoms with Gasteiger partial charge in [-0.15, -0.1) is 0 Å². The topological polar surface area (TPSA) is 55.7 Å². The van der Waals surface area contributed by atoms with Crippen molar-refractivity contribution in [3.63, 3.8) is 0 Å². The molecule has 34 heavy (non-hydrogen) atoms. The molecule has 5 nitrogen and oxygen atoms in total. The summed E-state index contributed by atoms with van der Waals surface area (Å²) in [4.78, 5) is 4.20. The smallest absolute Gasteiger partial charge is 0.162 e. The van der Waals surface area contributed by atoms with Crippen molar-refractivity contribution in [2.45, 2.75) is 20.1 Å². The van der Waals surface area contributed by atoms with Gasteiger partial charge in [-0.3, -0.25) is 5.43 Å². The molecule has 1 aromatic heterocycles. The molecular formula is C29H27N3O2. The molecule has 0 aliphatic rings.